The number of nitrogens with zero attached hydrogens (tertiary/aromatic N) is 2. The highest BCUT2D eigenvalue weighted by Crippen LogP contribution is 2.20. The fourth-order valence-electron chi connectivity index (χ4n) is 2.07. The minimum absolute atomic E-state index is 0.813. The third kappa shape index (κ3) is 5.76. The van der Waals surface area contributed by atoms with Crippen molar-refractivity contribution in [1.82, 2.24) is 15.1 Å². The predicted molar refractivity (Wildman–Crippen MR) is 86.2 cm³/mol. The van der Waals surface area contributed by atoms with Crippen LogP contribution in [0.2, 0.25) is 5.02 Å². The summed E-state index contributed by atoms with van der Waals surface area (Å²) in [7, 11) is 1.96. The van der Waals surface area contributed by atoms with Gasteiger partial charge in [0.05, 0.1) is 16.4 Å². The van der Waals surface area contributed by atoms with Gasteiger partial charge in [-0.25, -0.2) is 0 Å². The van der Waals surface area contributed by atoms with Gasteiger partial charge in [-0.05, 0) is 37.8 Å². The van der Waals surface area contributed by atoms with E-state index in [-0.39, 0.29) is 0 Å². The van der Waals surface area contributed by atoms with Gasteiger partial charge in [-0.3, -0.25) is 4.68 Å². The summed E-state index contributed by atoms with van der Waals surface area (Å²) < 4.78 is 1.90. The Bertz CT molecular complexity index is 366. The lowest BCUT2D eigenvalue weighted by atomic mass is 10.2. The zero-order chi connectivity index (χ0) is 14.1. The monoisotopic (exact) mass is 303 g/mol. The third-order valence-electron chi connectivity index (χ3n) is 3.25. The lowest BCUT2D eigenvalue weighted by Crippen LogP contribution is -2.17. The molecule has 0 atom stereocenters. The first kappa shape index (κ1) is 16.9. The van der Waals surface area contributed by atoms with Crippen molar-refractivity contribution in [3.8, 4) is 0 Å². The van der Waals surface area contributed by atoms with Crippen LogP contribution in [0.25, 0.3) is 0 Å². The van der Waals surface area contributed by atoms with Crippen LogP contribution in [-0.2, 0) is 20.0 Å². The molecular weight excluding hydrogens is 278 g/mol. The van der Waals surface area contributed by atoms with Gasteiger partial charge in [0.15, 0.2) is 0 Å². The Labute approximate surface area is 126 Å². The molecule has 1 N–H and O–H groups in total. The highest BCUT2D eigenvalue weighted by Gasteiger charge is 2.11. The van der Waals surface area contributed by atoms with Crippen LogP contribution in [0.15, 0.2) is 0 Å². The minimum atomic E-state index is 0.813. The van der Waals surface area contributed by atoms with E-state index in [1.165, 1.54) is 31.4 Å². The van der Waals surface area contributed by atoms with Crippen LogP contribution in [0.4, 0.5) is 0 Å². The maximum Gasteiger partial charge on any atom is 0.0863 e. The van der Waals surface area contributed by atoms with Crippen molar-refractivity contribution >= 4 is 23.4 Å². The quantitative estimate of drug-likeness (QED) is 0.669. The summed E-state index contributed by atoms with van der Waals surface area (Å²) in [4.78, 5) is 0. The lowest BCUT2D eigenvalue weighted by Gasteiger charge is -2.06. The second-order valence-corrected chi connectivity index (χ2v) is 6.13. The number of aryl methyl sites for hydroxylation is 2. The Kier molecular flexibility index (Phi) is 8.58. The minimum Gasteiger partial charge on any atom is -0.311 e. The van der Waals surface area contributed by atoms with E-state index in [9.17, 15) is 0 Å². The maximum absolute atomic E-state index is 6.30. The van der Waals surface area contributed by atoms with Crippen molar-refractivity contribution in [1.29, 1.82) is 0 Å². The second-order valence-electron chi connectivity index (χ2n) is 4.77. The number of thioether (sulfide) groups is 1. The van der Waals surface area contributed by atoms with Gasteiger partial charge in [0.2, 0.25) is 0 Å². The Morgan fingerprint density at radius 3 is 2.63 bits per heavy atom. The first-order valence-corrected chi connectivity index (χ1v) is 8.87. The standard InChI is InChI=1S/C14H26ClN3S/c1-4-12-14(15)13(18(2)17-12)11-16-9-7-5-6-8-10-19-3/h16H,4-11H2,1-3H3. The number of hydrogen-bond donors (Lipinski definition) is 1. The van der Waals surface area contributed by atoms with E-state index < -0.39 is 0 Å². The molecular formula is C14H26ClN3S. The molecule has 0 radical (unpaired) electrons. The molecule has 0 amide bonds. The molecule has 110 valence electrons. The van der Waals surface area contributed by atoms with Crippen LogP contribution in [0.1, 0.15) is 44.0 Å². The zero-order valence-electron chi connectivity index (χ0n) is 12.3. The van der Waals surface area contributed by atoms with E-state index in [2.05, 4.69) is 23.6 Å². The number of hydrogen-bond acceptors (Lipinski definition) is 3. The summed E-state index contributed by atoms with van der Waals surface area (Å²) >= 11 is 8.24. The smallest absolute Gasteiger partial charge is 0.0863 e. The molecule has 5 heteroatoms. The summed E-state index contributed by atoms with van der Waals surface area (Å²) in [6.45, 7) is 3.95. The van der Waals surface area contributed by atoms with Crippen LogP contribution in [0, 0.1) is 0 Å². The van der Waals surface area contributed by atoms with E-state index in [0.29, 0.717) is 0 Å². The molecule has 0 aromatic carbocycles. The molecule has 0 spiro atoms. The number of unbranched alkanes of at least 4 members (excludes halogenated alkanes) is 3. The van der Waals surface area contributed by atoms with Crippen molar-refractivity contribution < 1.29 is 0 Å². The highest BCUT2D eigenvalue weighted by atomic mass is 35.5. The van der Waals surface area contributed by atoms with Crippen molar-refractivity contribution in [2.45, 2.75) is 45.6 Å². The number of rotatable bonds is 10. The fraction of sp³-hybridized carbons (Fsp3) is 0.786. The van der Waals surface area contributed by atoms with Gasteiger partial charge in [-0.1, -0.05) is 31.4 Å². The molecule has 1 heterocycles. The molecule has 1 aromatic rings. The van der Waals surface area contributed by atoms with Gasteiger partial charge in [0.25, 0.3) is 0 Å². The van der Waals surface area contributed by atoms with Crippen molar-refractivity contribution in [2.24, 2.45) is 7.05 Å². The van der Waals surface area contributed by atoms with Gasteiger partial charge in [-0.2, -0.15) is 16.9 Å². The van der Waals surface area contributed by atoms with Crippen LogP contribution >= 0.6 is 23.4 Å². The Hall–Kier alpha value is -0.190. The van der Waals surface area contributed by atoms with Crippen LogP contribution in [0.5, 0.6) is 0 Å². The van der Waals surface area contributed by atoms with E-state index in [1.807, 2.05) is 23.5 Å². The van der Waals surface area contributed by atoms with Crippen molar-refractivity contribution in [3.63, 3.8) is 0 Å². The maximum atomic E-state index is 6.30. The fourth-order valence-corrected chi connectivity index (χ4v) is 2.92. The van der Waals surface area contributed by atoms with Gasteiger partial charge in [-0.15, -0.1) is 0 Å². The zero-order valence-corrected chi connectivity index (χ0v) is 13.9. The van der Waals surface area contributed by atoms with Gasteiger partial charge < -0.3 is 5.32 Å². The molecule has 0 saturated heterocycles. The van der Waals surface area contributed by atoms with Gasteiger partial charge >= 0.3 is 0 Å². The Morgan fingerprint density at radius 2 is 2.00 bits per heavy atom. The highest BCUT2D eigenvalue weighted by molar-refractivity contribution is 7.98. The SMILES string of the molecule is CCc1nn(C)c(CNCCCCCCSC)c1Cl. The van der Waals surface area contributed by atoms with Gasteiger partial charge in [0.1, 0.15) is 0 Å². The summed E-state index contributed by atoms with van der Waals surface area (Å²) in [5.74, 6) is 1.29. The summed E-state index contributed by atoms with van der Waals surface area (Å²) in [5.41, 5.74) is 2.10. The molecule has 1 aromatic heterocycles. The van der Waals surface area contributed by atoms with E-state index in [0.717, 1.165) is 35.9 Å². The predicted octanol–water partition coefficient (Wildman–Crippen LogP) is 3.65. The van der Waals surface area contributed by atoms with Crippen LogP contribution < -0.4 is 5.32 Å². The third-order valence-corrected chi connectivity index (χ3v) is 4.38. The molecule has 1 rings (SSSR count). The normalized spacial score (nSPS) is 11.2. The Balaban J connectivity index is 2.17. The number of halogens is 1. The molecule has 0 aliphatic heterocycles. The first-order chi connectivity index (χ1) is 9.20. The van der Waals surface area contributed by atoms with E-state index >= 15 is 0 Å². The molecule has 0 fully saturated rings. The first-order valence-electron chi connectivity index (χ1n) is 7.10. The molecule has 19 heavy (non-hydrogen) atoms. The van der Waals surface area contributed by atoms with Crippen molar-refractivity contribution in [2.75, 3.05) is 18.6 Å². The topological polar surface area (TPSA) is 29.9 Å². The average Bonchev–Trinajstić information content (AvgIpc) is 2.68. The average molecular weight is 304 g/mol. The summed E-state index contributed by atoms with van der Waals surface area (Å²) in [5, 5.41) is 8.71. The van der Waals surface area contributed by atoms with E-state index in [1.54, 1.807) is 0 Å². The van der Waals surface area contributed by atoms with E-state index in [4.69, 9.17) is 11.6 Å². The molecule has 0 saturated carbocycles. The number of nitrogens with one attached hydrogen (secondary N) is 1. The molecule has 0 unspecified atom stereocenters. The molecule has 0 aliphatic rings. The van der Waals surface area contributed by atoms with Crippen molar-refractivity contribution in [3.05, 3.63) is 16.4 Å². The molecule has 3 nitrogen and oxygen atoms in total. The van der Waals surface area contributed by atoms with Crippen LogP contribution in [-0.4, -0.2) is 28.3 Å². The largest absolute Gasteiger partial charge is 0.311 e. The number of aromatic nitrogens is 2. The lowest BCUT2D eigenvalue weighted by molar-refractivity contribution is 0.577. The van der Waals surface area contributed by atoms with Crippen LogP contribution in [0.3, 0.4) is 0 Å². The summed E-state index contributed by atoms with van der Waals surface area (Å²) in [6.07, 6.45) is 8.30. The van der Waals surface area contributed by atoms with Gasteiger partial charge in [0, 0.05) is 13.6 Å². The molecule has 0 bridgehead atoms. The molecule has 0 aliphatic carbocycles. The summed E-state index contributed by atoms with van der Waals surface area (Å²) in [6, 6.07) is 0. The Morgan fingerprint density at radius 1 is 1.26 bits per heavy atom. The second kappa shape index (κ2) is 9.67.